The minimum Gasteiger partial charge on any atom is -0.378 e. The molecule has 142 valence electrons. The Bertz CT molecular complexity index is 876. The van der Waals surface area contributed by atoms with Crippen LogP contribution in [0.2, 0.25) is 0 Å². The second-order valence-electron chi connectivity index (χ2n) is 7.02. The molecule has 1 aliphatic heterocycles. The van der Waals surface area contributed by atoms with E-state index in [0.717, 1.165) is 0 Å². The van der Waals surface area contributed by atoms with Gasteiger partial charge in [0.15, 0.2) is 5.60 Å². The number of nitrogens with zero attached hydrogens (tertiary/aromatic N) is 2. The van der Waals surface area contributed by atoms with Crippen molar-refractivity contribution >= 4 is 11.8 Å². The van der Waals surface area contributed by atoms with Gasteiger partial charge < -0.3 is 19.9 Å². The number of rotatable bonds is 5. The number of aliphatic hydroxyl groups is 1. The molecule has 2 unspecified atom stereocenters. The number of carbonyl (C=O) groups excluding carboxylic acids is 2. The molecule has 2 amide bonds. The smallest absolute Gasteiger partial charge is 0.256 e. The van der Waals surface area contributed by atoms with Crippen molar-refractivity contribution in [3.63, 3.8) is 0 Å². The average Bonchev–Trinajstić information content (AvgIpc) is 3.12. The van der Waals surface area contributed by atoms with E-state index in [4.69, 9.17) is 0 Å². The fraction of sp³-hybridized carbons (Fsp3) is 0.350. The van der Waals surface area contributed by atoms with E-state index in [1.807, 2.05) is 6.07 Å². The van der Waals surface area contributed by atoms with Crippen LogP contribution < -0.4 is 10.9 Å². The molecule has 0 radical (unpaired) electrons. The summed E-state index contributed by atoms with van der Waals surface area (Å²) in [5, 5.41) is 13.5. The predicted octanol–water partition coefficient (Wildman–Crippen LogP) is 0.630. The first-order chi connectivity index (χ1) is 12.9. The second-order valence-corrected chi connectivity index (χ2v) is 7.02. The van der Waals surface area contributed by atoms with Crippen molar-refractivity contribution in [3.8, 4) is 0 Å². The van der Waals surface area contributed by atoms with Crippen LogP contribution in [0.5, 0.6) is 0 Å². The fourth-order valence-corrected chi connectivity index (χ4v) is 3.25. The normalized spacial score (nSPS) is 18.7. The summed E-state index contributed by atoms with van der Waals surface area (Å²) in [5.41, 5.74) is -1.42. The van der Waals surface area contributed by atoms with Crippen LogP contribution in [-0.2, 0) is 11.3 Å². The summed E-state index contributed by atoms with van der Waals surface area (Å²) in [6.07, 6.45) is 2.16. The maximum atomic E-state index is 12.7. The molecule has 3 rings (SSSR count). The molecule has 27 heavy (non-hydrogen) atoms. The number of benzene rings is 1. The van der Waals surface area contributed by atoms with E-state index in [2.05, 4.69) is 5.32 Å². The molecule has 2 heterocycles. The molecule has 1 saturated heterocycles. The monoisotopic (exact) mass is 369 g/mol. The van der Waals surface area contributed by atoms with Crippen LogP contribution in [0.3, 0.4) is 0 Å². The first-order valence-electron chi connectivity index (χ1n) is 8.90. The third kappa shape index (κ3) is 4.43. The van der Waals surface area contributed by atoms with Gasteiger partial charge in [0.1, 0.15) is 0 Å². The van der Waals surface area contributed by atoms with Crippen LogP contribution in [0.25, 0.3) is 0 Å². The van der Waals surface area contributed by atoms with Gasteiger partial charge in [-0.15, -0.1) is 0 Å². The summed E-state index contributed by atoms with van der Waals surface area (Å²) in [5.74, 6) is -0.632. The van der Waals surface area contributed by atoms with Crippen molar-refractivity contribution in [1.82, 2.24) is 14.8 Å². The maximum Gasteiger partial charge on any atom is 0.256 e. The van der Waals surface area contributed by atoms with Crippen LogP contribution in [0, 0.1) is 0 Å². The molecule has 7 nitrogen and oxygen atoms in total. The molecule has 7 heteroatoms. The average molecular weight is 369 g/mol. The van der Waals surface area contributed by atoms with Crippen molar-refractivity contribution in [2.24, 2.45) is 0 Å². The number of pyridine rings is 1. The zero-order valence-corrected chi connectivity index (χ0v) is 15.2. The number of nitrogens with one attached hydrogen (secondary N) is 1. The Hall–Kier alpha value is -2.93. The minimum absolute atomic E-state index is 0.122. The molecule has 1 aliphatic rings. The van der Waals surface area contributed by atoms with E-state index < -0.39 is 11.5 Å². The Labute approximate surface area is 157 Å². The highest BCUT2D eigenvalue weighted by Crippen LogP contribution is 2.17. The molecule has 2 atom stereocenters. The Morgan fingerprint density at radius 2 is 1.89 bits per heavy atom. The fourth-order valence-electron chi connectivity index (χ4n) is 3.25. The van der Waals surface area contributed by atoms with Gasteiger partial charge >= 0.3 is 0 Å². The Balaban J connectivity index is 1.60. The van der Waals surface area contributed by atoms with Crippen LogP contribution >= 0.6 is 0 Å². The lowest BCUT2D eigenvalue weighted by Crippen LogP contribution is -2.50. The Morgan fingerprint density at radius 1 is 1.19 bits per heavy atom. The summed E-state index contributed by atoms with van der Waals surface area (Å²) in [6.45, 7) is 2.06. The second kappa shape index (κ2) is 7.75. The number of hydrogen-bond acceptors (Lipinski definition) is 4. The van der Waals surface area contributed by atoms with Gasteiger partial charge in [-0.1, -0.05) is 24.3 Å². The van der Waals surface area contributed by atoms with Gasteiger partial charge in [0.25, 0.3) is 17.4 Å². The lowest BCUT2D eigenvalue weighted by atomic mass is 10.1. The number of amides is 2. The zero-order chi connectivity index (χ0) is 19.4. The lowest BCUT2D eigenvalue weighted by Gasteiger charge is -2.28. The van der Waals surface area contributed by atoms with Crippen LogP contribution in [0.4, 0.5) is 0 Å². The van der Waals surface area contributed by atoms with Crippen LogP contribution in [0.15, 0.2) is 59.5 Å². The highest BCUT2D eigenvalue weighted by molar-refractivity contribution is 5.94. The highest BCUT2D eigenvalue weighted by atomic mass is 16.3. The number of aromatic nitrogens is 1. The molecule has 0 bridgehead atoms. The van der Waals surface area contributed by atoms with Crippen molar-refractivity contribution < 1.29 is 14.7 Å². The molecule has 1 aromatic heterocycles. The third-order valence-corrected chi connectivity index (χ3v) is 4.68. The van der Waals surface area contributed by atoms with Crippen molar-refractivity contribution in [2.75, 3.05) is 13.1 Å². The maximum absolute atomic E-state index is 12.7. The van der Waals surface area contributed by atoms with E-state index in [9.17, 15) is 19.5 Å². The Morgan fingerprint density at radius 3 is 2.59 bits per heavy atom. The zero-order valence-electron chi connectivity index (χ0n) is 15.2. The number of hydrogen-bond donors (Lipinski definition) is 2. The molecule has 0 spiro atoms. The minimum atomic E-state index is -1.70. The SMILES string of the molecule is CC(O)(Cn1ccccc1=O)C(=O)N1CCC(NC(=O)c2ccccc2)C1. The van der Waals surface area contributed by atoms with Gasteiger partial charge in [-0.3, -0.25) is 14.4 Å². The largest absolute Gasteiger partial charge is 0.378 e. The highest BCUT2D eigenvalue weighted by Gasteiger charge is 2.38. The van der Waals surface area contributed by atoms with Gasteiger partial charge in [-0.2, -0.15) is 0 Å². The first-order valence-corrected chi connectivity index (χ1v) is 8.90. The van der Waals surface area contributed by atoms with Crippen molar-refractivity contribution in [2.45, 2.75) is 31.5 Å². The topological polar surface area (TPSA) is 91.6 Å². The summed E-state index contributed by atoms with van der Waals surface area (Å²) in [4.78, 5) is 38.3. The summed E-state index contributed by atoms with van der Waals surface area (Å²) in [7, 11) is 0. The molecular weight excluding hydrogens is 346 g/mol. The van der Waals surface area contributed by atoms with Crippen LogP contribution in [0.1, 0.15) is 23.7 Å². The molecular formula is C20H23N3O4. The first kappa shape index (κ1) is 18.8. The summed E-state index contributed by atoms with van der Waals surface area (Å²) < 4.78 is 1.31. The molecule has 2 aromatic rings. The molecule has 1 aromatic carbocycles. The third-order valence-electron chi connectivity index (χ3n) is 4.68. The quantitative estimate of drug-likeness (QED) is 0.809. The molecule has 0 aliphatic carbocycles. The van der Waals surface area contributed by atoms with Crippen LogP contribution in [-0.4, -0.2) is 51.1 Å². The summed E-state index contributed by atoms with van der Waals surface area (Å²) >= 11 is 0. The van der Waals surface area contributed by atoms with Gasteiger partial charge in [0.2, 0.25) is 0 Å². The van der Waals surface area contributed by atoms with E-state index >= 15 is 0 Å². The number of carbonyl (C=O) groups is 2. The predicted molar refractivity (Wildman–Crippen MR) is 100 cm³/mol. The van der Waals surface area contributed by atoms with E-state index in [0.29, 0.717) is 25.1 Å². The molecule has 2 N–H and O–H groups in total. The standard InChI is InChI=1S/C20H23N3O4/c1-20(27,14-23-11-6-5-9-17(23)24)19(26)22-12-10-16(13-22)21-18(25)15-7-3-2-4-8-15/h2-9,11,16,27H,10,12-14H2,1H3,(H,21,25). The van der Waals surface area contributed by atoms with Gasteiger partial charge in [-0.25, -0.2) is 0 Å². The van der Waals surface area contributed by atoms with E-state index in [-0.39, 0.29) is 24.1 Å². The van der Waals surface area contributed by atoms with Crippen molar-refractivity contribution in [3.05, 3.63) is 70.6 Å². The van der Waals surface area contributed by atoms with Gasteiger partial charge in [0, 0.05) is 37.0 Å². The van der Waals surface area contributed by atoms with E-state index in [1.165, 1.54) is 28.7 Å². The molecule has 1 fully saturated rings. The molecule has 0 saturated carbocycles. The van der Waals surface area contributed by atoms with Crippen molar-refractivity contribution in [1.29, 1.82) is 0 Å². The lowest BCUT2D eigenvalue weighted by molar-refractivity contribution is -0.149. The summed E-state index contributed by atoms with van der Waals surface area (Å²) in [6, 6.07) is 13.4. The van der Waals surface area contributed by atoms with E-state index in [1.54, 1.807) is 36.4 Å². The Kier molecular flexibility index (Phi) is 5.41. The van der Waals surface area contributed by atoms with Gasteiger partial charge in [0.05, 0.1) is 6.54 Å². The number of likely N-dealkylation sites (tertiary alicyclic amines) is 1. The van der Waals surface area contributed by atoms with Gasteiger partial charge in [-0.05, 0) is 31.5 Å².